The molecule has 4 heteroatoms. The maximum atomic E-state index is 12.4. The predicted molar refractivity (Wildman–Crippen MR) is 66.6 cm³/mol. The number of nitrogens with one attached hydrogen (secondary N) is 1. The van der Waals surface area contributed by atoms with Gasteiger partial charge in [0.05, 0.1) is 18.6 Å². The molecule has 2 saturated heterocycles. The number of amides is 1. The molecule has 0 saturated carbocycles. The van der Waals surface area contributed by atoms with Gasteiger partial charge in [0.1, 0.15) is 0 Å². The highest BCUT2D eigenvalue weighted by Crippen LogP contribution is 2.27. The molecule has 4 unspecified atom stereocenters. The van der Waals surface area contributed by atoms with Gasteiger partial charge in [-0.2, -0.15) is 0 Å². The van der Waals surface area contributed by atoms with Gasteiger partial charge in [-0.05, 0) is 32.1 Å². The summed E-state index contributed by atoms with van der Waals surface area (Å²) in [5.74, 6) is 0.790. The van der Waals surface area contributed by atoms with Crippen molar-refractivity contribution in [2.45, 2.75) is 45.2 Å². The smallest absolute Gasteiger partial charge is 0.227 e. The van der Waals surface area contributed by atoms with Crippen LogP contribution in [0.15, 0.2) is 0 Å². The maximum absolute atomic E-state index is 12.4. The van der Waals surface area contributed by atoms with Crippen molar-refractivity contribution >= 4 is 5.91 Å². The van der Waals surface area contributed by atoms with Crippen LogP contribution in [0.4, 0.5) is 0 Å². The summed E-state index contributed by atoms with van der Waals surface area (Å²) in [7, 11) is 0. The van der Waals surface area contributed by atoms with Gasteiger partial charge in [0, 0.05) is 19.1 Å². The number of hydrogen-bond donors (Lipinski definition) is 2. The standard InChI is InChI=1S/C13H24N2O2/c1-9-5-6-15(12(9)8-16)13(17)11-4-3-10(2)14-7-11/h9-12,14,16H,3-8H2,1-2H3. The molecule has 0 radical (unpaired) electrons. The summed E-state index contributed by atoms with van der Waals surface area (Å²) in [6.45, 7) is 5.99. The molecule has 2 aliphatic heterocycles. The second kappa shape index (κ2) is 5.36. The molecule has 0 aromatic heterocycles. The van der Waals surface area contributed by atoms with E-state index in [0.29, 0.717) is 12.0 Å². The predicted octanol–water partition coefficient (Wildman–Crippen LogP) is 0.604. The van der Waals surface area contributed by atoms with Crippen LogP contribution < -0.4 is 5.32 Å². The summed E-state index contributed by atoms with van der Waals surface area (Å²) < 4.78 is 0. The van der Waals surface area contributed by atoms with Crippen molar-refractivity contribution < 1.29 is 9.90 Å². The Morgan fingerprint density at radius 2 is 2.12 bits per heavy atom. The molecule has 0 aromatic rings. The molecule has 4 nitrogen and oxygen atoms in total. The number of aliphatic hydroxyl groups excluding tert-OH is 1. The molecule has 98 valence electrons. The Labute approximate surface area is 103 Å². The van der Waals surface area contributed by atoms with Gasteiger partial charge in [0.25, 0.3) is 0 Å². The number of carbonyl (C=O) groups excluding carboxylic acids is 1. The normalized spacial score (nSPS) is 38.4. The van der Waals surface area contributed by atoms with Crippen LogP contribution in [0.25, 0.3) is 0 Å². The zero-order valence-corrected chi connectivity index (χ0v) is 10.9. The zero-order valence-electron chi connectivity index (χ0n) is 10.9. The van der Waals surface area contributed by atoms with Gasteiger partial charge in [-0.25, -0.2) is 0 Å². The van der Waals surface area contributed by atoms with E-state index in [1.807, 2.05) is 4.90 Å². The van der Waals surface area contributed by atoms with E-state index in [-0.39, 0.29) is 24.5 Å². The van der Waals surface area contributed by atoms with Gasteiger partial charge < -0.3 is 15.3 Å². The van der Waals surface area contributed by atoms with Gasteiger partial charge in [-0.3, -0.25) is 4.79 Å². The molecule has 0 bridgehead atoms. The third-order valence-corrected chi connectivity index (χ3v) is 4.36. The van der Waals surface area contributed by atoms with Crippen molar-refractivity contribution in [3.63, 3.8) is 0 Å². The Hall–Kier alpha value is -0.610. The van der Waals surface area contributed by atoms with Gasteiger partial charge >= 0.3 is 0 Å². The van der Waals surface area contributed by atoms with E-state index < -0.39 is 0 Å². The summed E-state index contributed by atoms with van der Waals surface area (Å²) in [6.07, 6.45) is 3.08. The van der Waals surface area contributed by atoms with E-state index in [2.05, 4.69) is 19.2 Å². The Kier molecular flexibility index (Phi) is 4.05. The minimum Gasteiger partial charge on any atom is -0.394 e. The van der Waals surface area contributed by atoms with Crippen LogP contribution in [0.3, 0.4) is 0 Å². The Balaban J connectivity index is 1.95. The number of piperidine rings is 1. The molecule has 2 heterocycles. The van der Waals surface area contributed by atoms with Gasteiger partial charge in [0.15, 0.2) is 0 Å². The lowest BCUT2D eigenvalue weighted by Gasteiger charge is -2.33. The second-order valence-electron chi connectivity index (χ2n) is 5.63. The summed E-state index contributed by atoms with van der Waals surface area (Å²) in [4.78, 5) is 14.3. The summed E-state index contributed by atoms with van der Waals surface area (Å²) in [5, 5.41) is 12.8. The molecule has 0 aliphatic carbocycles. The SMILES string of the molecule is CC1CCC(C(=O)N2CCC(C)C2CO)CN1. The molecular formula is C13H24N2O2. The minimum absolute atomic E-state index is 0.0434. The Morgan fingerprint density at radius 3 is 2.71 bits per heavy atom. The van der Waals surface area contributed by atoms with Crippen LogP contribution in [0.1, 0.15) is 33.1 Å². The molecule has 17 heavy (non-hydrogen) atoms. The van der Waals surface area contributed by atoms with E-state index in [9.17, 15) is 9.90 Å². The van der Waals surface area contributed by atoms with Crippen LogP contribution in [0.5, 0.6) is 0 Å². The van der Waals surface area contributed by atoms with Crippen LogP contribution >= 0.6 is 0 Å². The number of hydrogen-bond acceptors (Lipinski definition) is 3. The van der Waals surface area contributed by atoms with Crippen LogP contribution in [0.2, 0.25) is 0 Å². The molecule has 2 N–H and O–H groups in total. The molecule has 2 rings (SSSR count). The maximum Gasteiger partial charge on any atom is 0.227 e. The van der Waals surface area contributed by atoms with E-state index in [4.69, 9.17) is 0 Å². The fraction of sp³-hybridized carbons (Fsp3) is 0.923. The zero-order chi connectivity index (χ0) is 12.4. The fourth-order valence-corrected chi connectivity index (χ4v) is 3.00. The first-order chi connectivity index (χ1) is 8.13. The average molecular weight is 240 g/mol. The van der Waals surface area contributed by atoms with Crippen LogP contribution in [-0.4, -0.2) is 47.7 Å². The van der Waals surface area contributed by atoms with Gasteiger partial charge in [-0.1, -0.05) is 6.92 Å². The van der Waals surface area contributed by atoms with E-state index in [1.165, 1.54) is 0 Å². The third kappa shape index (κ3) is 2.63. The highest BCUT2D eigenvalue weighted by Gasteiger charge is 2.37. The molecule has 0 spiro atoms. The molecule has 1 amide bonds. The van der Waals surface area contributed by atoms with Crippen molar-refractivity contribution in [2.24, 2.45) is 11.8 Å². The number of likely N-dealkylation sites (tertiary alicyclic amines) is 1. The summed E-state index contributed by atoms with van der Waals surface area (Å²) in [6, 6.07) is 0.576. The second-order valence-corrected chi connectivity index (χ2v) is 5.63. The van der Waals surface area contributed by atoms with Gasteiger partial charge in [0.2, 0.25) is 5.91 Å². The van der Waals surface area contributed by atoms with Gasteiger partial charge in [-0.15, -0.1) is 0 Å². The minimum atomic E-state index is 0.0434. The fourth-order valence-electron chi connectivity index (χ4n) is 3.00. The largest absolute Gasteiger partial charge is 0.394 e. The Morgan fingerprint density at radius 1 is 1.35 bits per heavy atom. The monoisotopic (exact) mass is 240 g/mol. The molecule has 2 aliphatic rings. The van der Waals surface area contributed by atoms with Crippen molar-refractivity contribution in [1.29, 1.82) is 0 Å². The third-order valence-electron chi connectivity index (χ3n) is 4.36. The van der Waals surface area contributed by atoms with Crippen molar-refractivity contribution in [1.82, 2.24) is 10.2 Å². The van der Waals surface area contributed by atoms with Crippen LogP contribution in [0, 0.1) is 11.8 Å². The van der Waals surface area contributed by atoms with E-state index >= 15 is 0 Å². The van der Waals surface area contributed by atoms with Crippen molar-refractivity contribution in [2.75, 3.05) is 19.7 Å². The summed E-state index contributed by atoms with van der Waals surface area (Å²) in [5.41, 5.74) is 0. The average Bonchev–Trinajstić information content (AvgIpc) is 2.70. The molecule has 2 fully saturated rings. The van der Waals surface area contributed by atoms with Crippen LogP contribution in [-0.2, 0) is 4.79 Å². The molecular weight excluding hydrogens is 216 g/mol. The lowest BCUT2D eigenvalue weighted by Crippen LogP contribution is -2.48. The highest BCUT2D eigenvalue weighted by molar-refractivity contribution is 5.80. The van der Waals surface area contributed by atoms with Crippen molar-refractivity contribution in [3.05, 3.63) is 0 Å². The lowest BCUT2D eigenvalue weighted by molar-refractivity contribution is -0.138. The number of nitrogens with zero attached hydrogens (tertiary/aromatic N) is 1. The number of rotatable bonds is 2. The Bertz CT molecular complexity index is 275. The lowest BCUT2D eigenvalue weighted by atomic mass is 9.93. The molecule has 0 aromatic carbocycles. The molecule has 4 atom stereocenters. The van der Waals surface area contributed by atoms with Crippen molar-refractivity contribution in [3.8, 4) is 0 Å². The van der Waals surface area contributed by atoms with E-state index in [0.717, 1.165) is 32.4 Å². The number of carbonyl (C=O) groups is 1. The number of aliphatic hydroxyl groups is 1. The first kappa shape index (κ1) is 12.8. The first-order valence-electron chi connectivity index (χ1n) is 6.78. The quantitative estimate of drug-likeness (QED) is 0.743. The first-order valence-corrected chi connectivity index (χ1v) is 6.78. The van der Waals surface area contributed by atoms with E-state index in [1.54, 1.807) is 0 Å². The summed E-state index contributed by atoms with van der Waals surface area (Å²) >= 11 is 0. The topological polar surface area (TPSA) is 52.6 Å². The highest BCUT2D eigenvalue weighted by atomic mass is 16.3.